The van der Waals surface area contributed by atoms with Gasteiger partial charge in [-0.05, 0) is 51.4 Å². The van der Waals surface area contributed by atoms with Gasteiger partial charge in [-0.3, -0.25) is 14.4 Å². The lowest BCUT2D eigenvalue weighted by Crippen LogP contribution is -2.31. The fourth-order valence-corrected chi connectivity index (χ4v) is 7.07. The minimum Gasteiger partial charge on any atom is -0.466 e. The highest BCUT2D eigenvalue weighted by Gasteiger charge is 2.23. The van der Waals surface area contributed by atoms with Crippen molar-refractivity contribution in [1.82, 2.24) is 0 Å². The molecule has 54 heavy (non-hydrogen) atoms. The van der Waals surface area contributed by atoms with Crippen LogP contribution in [0.5, 0.6) is 0 Å². The van der Waals surface area contributed by atoms with E-state index in [-0.39, 0.29) is 24.0 Å². The number of rotatable bonds is 41. The van der Waals surface area contributed by atoms with Gasteiger partial charge in [0.15, 0.2) is 0 Å². The van der Waals surface area contributed by atoms with Gasteiger partial charge in [0.2, 0.25) is 0 Å². The fraction of sp³-hybridized carbons (Fsp3) is 0.935. The van der Waals surface area contributed by atoms with Crippen LogP contribution < -0.4 is 0 Å². The van der Waals surface area contributed by atoms with Crippen LogP contribution in [0.15, 0.2) is 0 Å². The van der Waals surface area contributed by atoms with E-state index >= 15 is 0 Å². The molecule has 0 saturated heterocycles. The summed E-state index contributed by atoms with van der Waals surface area (Å²) in [4.78, 5) is 35.9. The van der Waals surface area contributed by atoms with E-state index < -0.39 is 18.3 Å². The summed E-state index contributed by atoms with van der Waals surface area (Å²) >= 11 is 0. The van der Waals surface area contributed by atoms with Crippen molar-refractivity contribution >= 4 is 17.9 Å². The van der Waals surface area contributed by atoms with Crippen molar-refractivity contribution in [1.29, 1.82) is 0 Å². The van der Waals surface area contributed by atoms with Gasteiger partial charge in [0.1, 0.15) is 12.2 Å². The molecule has 0 aromatic rings. The first-order valence-corrected chi connectivity index (χ1v) is 23.2. The van der Waals surface area contributed by atoms with E-state index in [1.165, 1.54) is 89.9 Å². The summed E-state index contributed by atoms with van der Waals surface area (Å²) < 4.78 is 16.6. The molecule has 0 amide bonds. The lowest BCUT2D eigenvalue weighted by molar-refractivity contribution is -0.156. The Morgan fingerprint density at radius 2 is 0.704 bits per heavy atom. The van der Waals surface area contributed by atoms with E-state index in [0.717, 1.165) is 96.3 Å². The van der Waals surface area contributed by atoms with Crippen LogP contribution in [0.3, 0.4) is 0 Å². The summed E-state index contributed by atoms with van der Waals surface area (Å²) in [5.74, 6) is -0.542. The molecule has 0 bridgehead atoms. The number of carbonyl (C=O) groups excluding carboxylic acids is 3. The average molecular weight is 769 g/mol. The molecule has 8 heteroatoms. The van der Waals surface area contributed by atoms with Crippen LogP contribution in [-0.2, 0) is 28.6 Å². The summed E-state index contributed by atoms with van der Waals surface area (Å²) in [5, 5.41) is 21.4. The standard InChI is InChI=1S/C46H88O8/c1-5-9-11-13-22-28-34-40(47)43(54-45(50)8-4)37-31-25-19-17-15-16-18-20-27-33-39-52-46(51)38-32-26-21-23-29-35-41(48)42(53-44(49)7-3)36-30-24-14-12-10-6-2/h40-43,47-48H,5-39H2,1-4H3. The van der Waals surface area contributed by atoms with Crippen LogP contribution in [-0.4, -0.2) is 59.1 Å². The number of aliphatic hydroxyl groups is 2. The van der Waals surface area contributed by atoms with Crippen molar-refractivity contribution in [3.05, 3.63) is 0 Å². The number of esters is 3. The highest BCUT2D eigenvalue weighted by molar-refractivity contribution is 5.69. The number of aliphatic hydroxyl groups excluding tert-OH is 2. The minimum absolute atomic E-state index is 0.0946. The molecule has 4 unspecified atom stereocenters. The second-order valence-electron chi connectivity index (χ2n) is 15.9. The van der Waals surface area contributed by atoms with Gasteiger partial charge in [-0.1, -0.05) is 175 Å². The van der Waals surface area contributed by atoms with Crippen LogP contribution in [0, 0.1) is 0 Å². The zero-order valence-electron chi connectivity index (χ0n) is 35.9. The number of hydrogen-bond donors (Lipinski definition) is 2. The third-order valence-electron chi connectivity index (χ3n) is 10.7. The summed E-state index contributed by atoms with van der Waals surface area (Å²) in [6, 6.07) is 0. The van der Waals surface area contributed by atoms with E-state index in [1.807, 2.05) is 0 Å². The van der Waals surface area contributed by atoms with Crippen molar-refractivity contribution in [2.45, 2.75) is 270 Å². The van der Waals surface area contributed by atoms with Gasteiger partial charge in [0, 0.05) is 19.3 Å². The van der Waals surface area contributed by atoms with Crippen molar-refractivity contribution in [2.75, 3.05) is 6.61 Å². The van der Waals surface area contributed by atoms with Crippen LogP contribution >= 0.6 is 0 Å². The largest absolute Gasteiger partial charge is 0.466 e. The predicted molar refractivity (Wildman–Crippen MR) is 222 cm³/mol. The Balaban J connectivity index is 3.81. The molecule has 0 spiro atoms. The molecule has 0 saturated carbocycles. The van der Waals surface area contributed by atoms with Gasteiger partial charge in [0.05, 0.1) is 18.8 Å². The van der Waals surface area contributed by atoms with Crippen LogP contribution in [0.4, 0.5) is 0 Å². The number of hydrogen-bond acceptors (Lipinski definition) is 8. The molecule has 0 radical (unpaired) electrons. The molecule has 320 valence electrons. The Morgan fingerprint density at radius 1 is 0.389 bits per heavy atom. The zero-order chi connectivity index (χ0) is 39.9. The Morgan fingerprint density at radius 3 is 1.07 bits per heavy atom. The van der Waals surface area contributed by atoms with Crippen LogP contribution in [0.1, 0.15) is 246 Å². The molecule has 0 aliphatic rings. The number of ether oxygens (including phenoxy) is 3. The van der Waals surface area contributed by atoms with Gasteiger partial charge < -0.3 is 24.4 Å². The first-order valence-electron chi connectivity index (χ1n) is 23.2. The molecule has 0 rings (SSSR count). The van der Waals surface area contributed by atoms with Crippen molar-refractivity contribution in [2.24, 2.45) is 0 Å². The van der Waals surface area contributed by atoms with E-state index in [1.54, 1.807) is 13.8 Å². The second kappa shape index (κ2) is 39.6. The summed E-state index contributed by atoms with van der Waals surface area (Å²) in [5.41, 5.74) is 0. The number of unbranched alkanes of at least 4 members (excludes halogenated alkanes) is 23. The predicted octanol–water partition coefficient (Wildman–Crippen LogP) is 12.4. The molecule has 0 aliphatic heterocycles. The molecule has 8 nitrogen and oxygen atoms in total. The van der Waals surface area contributed by atoms with Crippen molar-refractivity contribution in [3.63, 3.8) is 0 Å². The van der Waals surface area contributed by atoms with Crippen molar-refractivity contribution < 1.29 is 38.8 Å². The van der Waals surface area contributed by atoms with Crippen molar-refractivity contribution in [3.8, 4) is 0 Å². The summed E-state index contributed by atoms with van der Waals surface area (Å²) in [6.07, 6.45) is 32.4. The van der Waals surface area contributed by atoms with Crippen LogP contribution in [0.2, 0.25) is 0 Å². The van der Waals surface area contributed by atoms with Gasteiger partial charge in [0.25, 0.3) is 0 Å². The highest BCUT2D eigenvalue weighted by Crippen LogP contribution is 2.20. The molecule has 2 N–H and O–H groups in total. The monoisotopic (exact) mass is 769 g/mol. The first kappa shape index (κ1) is 52.3. The quantitative estimate of drug-likeness (QED) is 0.0358. The molecule has 4 atom stereocenters. The van der Waals surface area contributed by atoms with Gasteiger partial charge in [-0.25, -0.2) is 0 Å². The Bertz CT molecular complexity index is 849. The van der Waals surface area contributed by atoms with E-state index in [9.17, 15) is 24.6 Å². The summed E-state index contributed by atoms with van der Waals surface area (Å²) in [6.45, 7) is 8.54. The van der Waals surface area contributed by atoms with E-state index in [2.05, 4.69) is 13.8 Å². The van der Waals surface area contributed by atoms with Gasteiger partial charge >= 0.3 is 17.9 Å². The SMILES string of the molecule is CCCCCCCCC(O)C(CCCCCCCCCCCCOC(=O)CCCCCCCC(O)C(CCCCCCCC)OC(=O)CC)OC(=O)CC. The molecule has 0 fully saturated rings. The van der Waals surface area contributed by atoms with E-state index in [4.69, 9.17) is 14.2 Å². The van der Waals surface area contributed by atoms with Gasteiger partial charge in [-0.15, -0.1) is 0 Å². The normalized spacial score (nSPS) is 13.7. The Kier molecular flexibility index (Phi) is 38.3. The van der Waals surface area contributed by atoms with Gasteiger partial charge in [-0.2, -0.15) is 0 Å². The maximum Gasteiger partial charge on any atom is 0.305 e. The molecule has 0 aromatic heterocycles. The topological polar surface area (TPSA) is 119 Å². The lowest BCUT2D eigenvalue weighted by atomic mass is 9.99. The fourth-order valence-electron chi connectivity index (χ4n) is 7.07. The number of carbonyl (C=O) groups is 3. The third kappa shape index (κ3) is 33.6. The Labute approximate surface area is 333 Å². The summed E-state index contributed by atoms with van der Waals surface area (Å²) in [7, 11) is 0. The zero-order valence-corrected chi connectivity index (χ0v) is 35.9. The third-order valence-corrected chi connectivity index (χ3v) is 10.7. The maximum atomic E-state index is 12.1. The van der Waals surface area contributed by atoms with E-state index in [0.29, 0.717) is 38.7 Å². The first-order chi connectivity index (χ1) is 26.3. The molecular formula is C46H88O8. The minimum atomic E-state index is -0.604. The van der Waals surface area contributed by atoms with Crippen LogP contribution in [0.25, 0.3) is 0 Å². The molecule has 0 aliphatic carbocycles. The molecule has 0 heterocycles. The second-order valence-corrected chi connectivity index (χ2v) is 15.9. The highest BCUT2D eigenvalue weighted by atomic mass is 16.6. The molecule has 0 aromatic carbocycles. The smallest absolute Gasteiger partial charge is 0.305 e. The average Bonchev–Trinajstić information content (AvgIpc) is 3.17. The maximum absolute atomic E-state index is 12.1. The molecular weight excluding hydrogens is 680 g/mol. The Hall–Kier alpha value is -1.67. The lowest BCUT2D eigenvalue weighted by Gasteiger charge is -2.23.